The lowest BCUT2D eigenvalue weighted by Gasteiger charge is -2.32. The highest BCUT2D eigenvalue weighted by atomic mass is 32.2. The third-order valence-corrected chi connectivity index (χ3v) is 4.93. The number of rotatable bonds is 2. The van der Waals surface area contributed by atoms with Gasteiger partial charge in [0, 0.05) is 17.9 Å². The van der Waals surface area contributed by atoms with Gasteiger partial charge in [-0.2, -0.15) is 0 Å². The normalized spacial score (nSPS) is 22.5. The predicted octanol–water partition coefficient (Wildman–Crippen LogP) is 1.43. The second kappa shape index (κ2) is 4.68. The van der Waals surface area contributed by atoms with Gasteiger partial charge in [0.05, 0.1) is 32.6 Å². The Morgan fingerprint density at radius 2 is 1.74 bits per heavy atom. The summed E-state index contributed by atoms with van der Waals surface area (Å²) in [5.41, 5.74) is 0.831. The number of aromatic nitrogens is 1. The zero-order chi connectivity index (χ0) is 14.4. The Hall–Kier alpha value is -0.715. The van der Waals surface area contributed by atoms with Crippen LogP contribution in [0.15, 0.2) is 17.2 Å². The molecule has 0 radical (unpaired) electrons. The Kier molecular flexibility index (Phi) is 3.62. The minimum Gasteiger partial charge on any atom is -0.399 e. The molecule has 0 aromatic carbocycles. The van der Waals surface area contributed by atoms with Crippen LogP contribution in [-0.4, -0.2) is 33.8 Å². The highest BCUT2D eigenvalue weighted by molar-refractivity contribution is 7.84. The third kappa shape index (κ3) is 2.62. The van der Waals surface area contributed by atoms with Gasteiger partial charge >= 0.3 is 7.12 Å². The van der Waals surface area contributed by atoms with Gasteiger partial charge in [0.2, 0.25) is 0 Å². The van der Waals surface area contributed by atoms with Crippen molar-refractivity contribution in [2.75, 3.05) is 6.26 Å². The Morgan fingerprint density at radius 1 is 1.21 bits per heavy atom. The molecule has 1 aliphatic heterocycles. The number of nitrogens with zero attached hydrogens (tertiary/aromatic N) is 1. The average Bonchev–Trinajstić information content (AvgIpc) is 2.48. The monoisotopic (exact) mass is 281 g/mol. The van der Waals surface area contributed by atoms with E-state index in [0.29, 0.717) is 0 Å². The highest BCUT2D eigenvalue weighted by Gasteiger charge is 2.51. The van der Waals surface area contributed by atoms with Crippen molar-refractivity contribution >= 4 is 23.4 Å². The van der Waals surface area contributed by atoms with E-state index in [1.807, 2.05) is 40.7 Å². The van der Waals surface area contributed by atoms with Crippen LogP contribution in [0, 0.1) is 6.92 Å². The summed E-state index contributed by atoms with van der Waals surface area (Å²) in [6.07, 6.45) is 3.38. The van der Waals surface area contributed by atoms with Crippen LogP contribution in [0.2, 0.25) is 0 Å². The predicted molar refractivity (Wildman–Crippen MR) is 77.0 cm³/mol. The standard InChI is InChI=1S/C13H20BNO3S/c1-9-11(19(6)16)7-10(8-15-9)14-17-12(2,3)13(4,5)18-14/h7-8H,1-6H3. The molecule has 1 aromatic heterocycles. The molecule has 19 heavy (non-hydrogen) atoms. The maximum absolute atomic E-state index is 11.7. The topological polar surface area (TPSA) is 48.4 Å². The summed E-state index contributed by atoms with van der Waals surface area (Å²) in [5, 5.41) is 0. The molecule has 1 unspecified atom stereocenters. The van der Waals surface area contributed by atoms with Gasteiger partial charge in [0.25, 0.3) is 0 Å². The van der Waals surface area contributed by atoms with E-state index in [4.69, 9.17) is 9.31 Å². The summed E-state index contributed by atoms with van der Waals surface area (Å²) >= 11 is 0. The van der Waals surface area contributed by atoms with Crippen LogP contribution in [0.1, 0.15) is 33.4 Å². The van der Waals surface area contributed by atoms with Crippen LogP contribution in [0.4, 0.5) is 0 Å². The lowest BCUT2D eigenvalue weighted by Crippen LogP contribution is -2.41. The molecule has 1 atom stereocenters. The van der Waals surface area contributed by atoms with E-state index >= 15 is 0 Å². The molecule has 0 saturated carbocycles. The van der Waals surface area contributed by atoms with Crippen LogP contribution in [0.25, 0.3) is 0 Å². The third-order valence-electron chi connectivity index (χ3n) is 3.90. The molecule has 1 saturated heterocycles. The molecule has 104 valence electrons. The molecule has 1 fully saturated rings. The van der Waals surface area contributed by atoms with Crippen molar-refractivity contribution in [3.63, 3.8) is 0 Å². The highest BCUT2D eigenvalue weighted by Crippen LogP contribution is 2.36. The first-order valence-corrected chi connectivity index (χ1v) is 7.85. The molecule has 0 aliphatic carbocycles. The van der Waals surface area contributed by atoms with Crippen LogP contribution in [0.5, 0.6) is 0 Å². The first kappa shape index (κ1) is 14.7. The summed E-state index contributed by atoms with van der Waals surface area (Å²) < 4.78 is 23.6. The summed E-state index contributed by atoms with van der Waals surface area (Å²) in [5.74, 6) is 0. The Morgan fingerprint density at radius 3 is 2.21 bits per heavy atom. The Balaban J connectivity index is 2.35. The molecule has 0 amide bonds. The van der Waals surface area contributed by atoms with E-state index in [1.165, 1.54) is 0 Å². The number of aryl methyl sites for hydroxylation is 1. The van der Waals surface area contributed by atoms with Crippen LogP contribution < -0.4 is 5.46 Å². The first-order valence-electron chi connectivity index (χ1n) is 6.30. The minimum absolute atomic E-state index is 0.381. The zero-order valence-corrected chi connectivity index (χ0v) is 13.1. The van der Waals surface area contributed by atoms with E-state index in [1.54, 1.807) is 12.5 Å². The molecular weight excluding hydrogens is 261 g/mol. The fourth-order valence-electron chi connectivity index (χ4n) is 1.93. The molecule has 6 heteroatoms. The average molecular weight is 281 g/mol. The van der Waals surface area contributed by atoms with Crippen molar-refractivity contribution in [1.82, 2.24) is 4.98 Å². The van der Waals surface area contributed by atoms with Gasteiger partial charge in [-0.05, 0) is 40.7 Å². The lowest BCUT2D eigenvalue weighted by molar-refractivity contribution is 0.00578. The Bertz CT molecular complexity index is 515. The number of hydrogen-bond donors (Lipinski definition) is 0. The van der Waals surface area contributed by atoms with Crippen LogP contribution in [0.3, 0.4) is 0 Å². The molecule has 0 bridgehead atoms. The summed E-state index contributed by atoms with van der Waals surface area (Å²) in [6.45, 7) is 9.88. The zero-order valence-electron chi connectivity index (χ0n) is 12.3. The smallest absolute Gasteiger partial charge is 0.399 e. The minimum atomic E-state index is -1.06. The van der Waals surface area contributed by atoms with Crippen molar-refractivity contribution in [1.29, 1.82) is 0 Å². The molecule has 2 heterocycles. The van der Waals surface area contributed by atoms with E-state index in [0.717, 1.165) is 16.1 Å². The first-order chi connectivity index (χ1) is 8.64. The van der Waals surface area contributed by atoms with Gasteiger partial charge in [-0.1, -0.05) is 0 Å². The van der Waals surface area contributed by atoms with E-state index < -0.39 is 17.9 Å². The maximum atomic E-state index is 11.7. The van der Waals surface area contributed by atoms with E-state index in [9.17, 15) is 4.21 Å². The fraction of sp³-hybridized carbons (Fsp3) is 0.615. The largest absolute Gasteiger partial charge is 0.496 e. The molecule has 4 nitrogen and oxygen atoms in total. The SMILES string of the molecule is Cc1ncc(B2OC(C)(C)C(C)(C)O2)cc1S(C)=O. The van der Waals surface area contributed by atoms with Crippen molar-refractivity contribution in [3.05, 3.63) is 18.0 Å². The maximum Gasteiger partial charge on any atom is 0.496 e. The number of pyridine rings is 1. The van der Waals surface area contributed by atoms with Gasteiger partial charge in [-0.15, -0.1) is 0 Å². The molecule has 1 aromatic rings. The molecular formula is C13H20BNO3S. The molecule has 2 rings (SSSR count). The summed E-state index contributed by atoms with van der Waals surface area (Å²) in [4.78, 5) is 5.02. The van der Waals surface area contributed by atoms with Gasteiger partial charge in [-0.3, -0.25) is 9.19 Å². The van der Waals surface area contributed by atoms with E-state index in [-0.39, 0.29) is 11.2 Å². The molecule has 1 aliphatic rings. The second-order valence-corrected chi connectivity index (χ2v) is 7.24. The summed E-state index contributed by atoms with van der Waals surface area (Å²) in [6, 6.07) is 1.86. The fourth-order valence-corrected chi connectivity index (χ4v) is 2.70. The quantitative estimate of drug-likeness (QED) is 0.769. The molecule has 0 N–H and O–H groups in total. The lowest BCUT2D eigenvalue weighted by atomic mass is 9.80. The number of hydrogen-bond acceptors (Lipinski definition) is 4. The Labute approximate surface area is 117 Å². The second-order valence-electron chi connectivity index (χ2n) is 5.89. The van der Waals surface area contributed by atoms with Gasteiger partial charge < -0.3 is 9.31 Å². The van der Waals surface area contributed by atoms with Crippen molar-refractivity contribution in [2.45, 2.75) is 50.7 Å². The molecule has 0 spiro atoms. The van der Waals surface area contributed by atoms with Crippen molar-refractivity contribution in [3.8, 4) is 0 Å². The van der Waals surface area contributed by atoms with Crippen LogP contribution in [-0.2, 0) is 20.1 Å². The van der Waals surface area contributed by atoms with Gasteiger partial charge in [0.15, 0.2) is 0 Å². The summed E-state index contributed by atoms with van der Waals surface area (Å²) in [7, 11) is -1.52. The van der Waals surface area contributed by atoms with Gasteiger partial charge in [0.1, 0.15) is 0 Å². The van der Waals surface area contributed by atoms with Crippen molar-refractivity contribution in [2.24, 2.45) is 0 Å². The van der Waals surface area contributed by atoms with E-state index in [2.05, 4.69) is 4.98 Å². The van der Waals surface area contributed by atoms with Crippen LogP contribution >= 0.6 is 0 Å². The van der Waals surface area contributed by atoms with Crippen molar-refractivity contribution < 1.29 is 13.5 Å². The van der Waals surface area contributed by atoms with Gasteiger partial charge in [-0.25, -0.2) is 0 Å².